The monoisotopic (exact) mass is 379 g/mol. The van der Waals surface area contributed by atoms with E-state index in [9.17, 15) is 9.59 Å². The number of nitrogens with one attached hydrogen (secondary N) is 1. The molecule has 0 bridgehead atoms. The van der Waals surface area contributed by atoms with Crippen LogP contribution < -0.4 is 5.32 Å². The normalized spacial score (nSPS) is 10.4. The summed E-state index contributed by atoms with van der Waals surface area (Å²) in [4.78, 5) is 31.1. The summed E-state index contributed by atoms with van der Waals surface area (Å²) in [7, 11) is 0. The Balaban J connectivity index is 1.65. The number of carbonyl (C=O) groups is 2. The molecule has 27 heavy (non-hydrogen) atoms. The first-order chi connectivity index (χ1) is 13.2. The second kappa shape index (κ2) is 9.09. The lowest BCUT2D eigenvalue weighted by molar-refractivity contribution is -0.116. The minimum Gasteiger partial charge on any atom is -0.329 e. The number of carbonyl (C=O) groups excluding carboxylic acids is 2. The van der Waals surface area contributed by atoms with Crippen LogP contribution in [0.15, 0.2) is 66.0 Å². The molecule has 0 spiro atoms. The van der Waals surface area contributed by atoms with E-state index < -0.39 is 0 Å². The van der Waals surface area contributed by atoms with Gasteiger partial charge >= 0.3 is 0 Å². The predicted octanol–water partition coefficient (Wildman–Crippen LogP) is 4.30. The highest BCUT2D eigenvalue weighted by Crippen LogP contribution is 2.24. The van der Waals surface area contributed by atoms with E-state index in [1.165, 1.54) is 11.3 Å². The molecule has 0 fully saturated rings. The van der Waals surface area contributed by atoms with E-state index >= 15 is 0 Å². The van der Waals surface area contributed by atoms with E-state index in [-0.39, 0.29) is 18.4 Å². The van der Waals surface area contributed by atoms with E-state index in [0.29, 0.717) is 17.2 Å². The largest absolute Gasteiger partial charge is 0.329 e. The van der Waals surface area contributed by atoms with E-state index in [4.69, 9.17) is 0 Å². The Kier molecular flexibility index (Phi) is 6.33. The van der Waals surface area contributed by atoms with E-state index in [0.717, 1.165) is 17.7 Å². The van der Waals surface area contributed by atoms with Gasteiger partial charge in [-0.1, -0.05) is 55.5 Å². The van der Waals surface area contributed by atoms with Gasteiger partial charge in [-0.25, -0.2) is 4.98 Å². The molecule has 138 valence electrons. The average molecular weight is 379 g/mol. The molecule has 1 heterocycles. The molecule has 2 amide bonds. The highest BCUT2D eigenvalue weighted by molar-refractivity contribution is 7.14. The summed E-state index contributed by atoms with van der Waals surface area (Å²) < 4.78 is 0. The van der Waals surface area contributed by atoms with Crippen LogP contribution in [0, 0.1) is 0 Å². The fourth-order valence-corrected chi connectivity index (χ4v) is 3.43. The van der Waals surface area contributed by atoms with Gasteiger partial charge in [0.15, 0.2) is 5.13 Å². The Labute approximate surface area is 162 Å². The summed E-state index contributed by atoms with van der Waals surface area (Å²) in [5, 5.41) is 5.24. The Hall–Kier alpha value is -2.99. The Bertz CT molecular complexity index is 894. The molecular formula is C21H21N3O2S. The minimum atomic E-state index is -0.248. The van der Waals surface area contributed by atoms with Crippen LogP contribution in [0.4, 0.5) is 5.13 Å². The smallest absolute Gasteiger partial charge is 0.254 e. The maximum Gasteiger partial charge on any atom is 0.254 e. The van der Waals surface area contributed by atoms with Crippen molar-refractivity contribution < 1.29 is 9.59 Å². The topological polar surface area (TPSA) is 62.3 Å². The van der Waals surface area contributed by atoms with Gasteiger partial charge in [0, 0.05) is 23.1 Å². The number of nitrogens with zero attached hydrogens (tertiary/aromatic N) is 2. The summed E-state index contributed by atoms with van der Waals surface area (Å²) in [5.41, 5.74) is 2.40. The molecule has 1 N–H and O–H groups in total. The van der Waals surface area contributed by atoms with Crippen LogP contribution in [0.5, 0.6) is 0 Å². The Morgan fingerprint density at radius 3 is 2.37 bits per heavy atom. The summed E-state index contributed by atoms with van der Waals surface area (Å²) in [5.74, 6) is -0.390. The molecule has 0 unspecified atom stereocenters. The van der Waals surface area contributed by atoms with Crippen molar-refractivity contribution in [2.24, 2.45) is 0 Å². The molecule has 3 aromatic rings. The van der Waals surface area contributed by atoms with Crippen molar-refractivity contribution >= 4 is 28.3 Å². The second-order valence-corrected chi connectivity index (χ2v) is 6.90. The zero-order valence-corrected chi connectivity index (χ0v) is 15.9. The summed E-state index contributed by atoms with van der Waals surface area (Å²) in [6, 6.07) is 18.8. The van der Waals surface area contributed by atoms with Crippen molar-refractivity contribution in [2.45, 2.75) is 13.3 Å². The van der Waals surface area contributed by atoms with Crippen molar-refractivity contribution in [3.05, 3.63) is 71.6 Å². The van der Waals surface area contributed by atoms with Gasteiger partial charge in [0.1, 0.15) is 6.54 Å². The lowest BCUT2D eigenvalue weighted by Crippen LogP contribution is -2.38. The third kappa shape index (κ3) is 5.01. The highest BCUT2D eigenvalue weighted by Gasteiger charge is 2.18. The number of anilines is 1. The van der Waals surface area contributed by atoms with Crippen molar-refractivity contribution in [1.29, 1.82) is 0 Å². The van der Waals surface area contributed by atoms with Crippen LogP contribution >= 0.6 is 11.3 Å². The predicted molar refractivity (Wildman–Crippen MR) is 109 cm³/mol. The Morgan fingerprint density at radius 1 is 1.04 bits per heavy atom. The zero-order chi connectivity index (χ0) is 19.1. The lowest BCUT2D eigenvalue weighted by atomic mass is 10.2. The minimum absolute atomic E-state index is 0.00180. The molecule has 3 rings (SSSR count). The van der Waals surface area contributed by atoms with Gasteiger partial charge in [0.05, 0.1) is 5.69 Å². The van der Waals surface area contributed by atoms with Crippen molar-refractivity contribution in [1.82, 2.24) is 9.88 Å². The number of thiazole rings is 1. The molecule has 1 aromatic heterocycles. The maximum absolute atomic E-state index is 12.6. The van der Waals surface area contributed by atoms with Gasteiger partial charge in [-0.2, -0.15) is 0 Å². The van der Waals surface area contributed by atoms with E-state index in [1.807, 2.05) is 60.8 Å². The van der Waals surface area contributed by atoms with Crippen LogP contribution in [0.2, 0.25) is 0 Å². The Morgan fingerprint density at radius 2 is 1.70 bits per heavy atom. The van der Waals surface area contributed by atoms with E-state index in [1.54, 1.807) is 17.0 Å². The van der Waals surface area contributed by atoms with Gasteiger partial charge in [-0.15, -0.1) is 11.3 Å². The van der Waals surface area contributed by atoms with Crippen LogP contribution in [0.1, 0.15) is 23.7 Å². The van der Waals surface area contributed by atoms with Gasteiger partial charge < -0.3 is 10.2 Å². The average Bonchev–Trinajstić information content (AvgIpc) is 3.17. The van der Waals surface area contributed by atoms with Crippen molar-refractivity contribution in [3.8, 4) is 11.3 Å². The van der Waals surface area contributed by atoms with Gasteiger partial charge in [0.2, 0.25) is 5.91 Å². The molecule has 6 heteroatoms. The van der Waals surface area contributed by atoms with Crippen LogP contribution in [0.25, 0.3) is 11.3 Å². The van der Waals surface area contributed by atoms with Crippen LogP contribution in [-0.2, 0) is 4.79 Å². The van der Waals surface area contributed by atoms with Crippen LogP contribution in [0.3, 0.4) is 0 Å². The summed E-state index contributed by atoms with van der Waals surface area (Å²) >= 11 is 1.37. The number of benzene rings is 2. The molecule has 0 saturated heterocycles. The first kappa shape index (κ1) is 18.8. The van der Waals surface area contributed by atoms with Gasteiger partial charge in [-0.3, -0.25) is 9.59 Å². The molecule has 0 aliphatic rings. The van der Waals surface area contributed by atoms with Gasteiger partial charge in [0.25, 0.3) is 5.91 Å². The fraction of sp³-hybridized carbons (Fsp3) is 0.190. The molecule has 2 aromatic carbocycles. The molecular weight excluding hydrogens is 358 g/mol. The molecule has 0 atom stereocenters. The maximum atomic E-state index is 12.6. The first-order valence-electron chi connectivity index (χ1n) is 8.82. The van der Waals surface area contributed by atoms with Crippen molar-refractivity contribution in [3.63, 3.8) is 0 Å². The second-order valence-electron chi connectivity index (χ2n) is 6.04. The van der Waals surface area contributed by atoms with Crippen molar-refractivity contribution in [2.75, 3.05) is 18.4 Å². The SMILES string of the molecule is CCCN(CC(=O)Nc1nc(-c2ccccc2)cs1)C(=O)c1ccccc1. The third-order valence-corrected chi connectivity index (χ3v) is 4.71. The first-order valence-corrected chi connectivity index (χ1v) is 9.70. The fourth-order valence-electron chi connectivity index (χ4n) is 2.69. The quantitative estimate of drug-likeness (QED) is 0.666. The molecule has 0 aliphatic heterocycles. The number of hydrogen-bond donors (Lipinski definition) is 1. The summed E-state index contributed by atoms with van der Waals surface area (Å²) in [6.45, 7) is 2.51. The summed E-state index contributed by atoms with van der Waals surface area (Å²) in [6.07, 6.45) is 0.779. The highest BCUT2D eigenvalue weighted by atomic mass is 32.1. The number of amides is 2. The third-order valence-electron chi connectivity index (χ3n) is 3.96. The number of aromatic nitrogens is 1. The van der Waals surface area contributed by atoms with Gasteiger partial charge in [-0.05, 0) is 18.6 Å². The molecule has 5 nitrogen and oxygen atoms in total. The molecule has 0 radical (unpaired) electrons. The number of rotatable bonds is 7. The van der Waals surface area contributed by atoms with Crippen LogP contribution in [-0.4, -0.2) is 34.8 Å². The number of hydrogen-bond acceptors (Lipinski definition) is 4. The molecule has 0 saturated carbocycles. The standard InChI is InChI=1S/C21H21N3O2S/c1-2-13-24(20(26)17-11-7-4-8-12-17)14-19(25)23-21-22-18(15-27-21)16-9-5-3-6-10-16/h3-12,15H,2,13-14H2,1H3,(H,22,23,25). The lowest BCUT2D eigenvalue weighted by Gasteiger charge is -2.21. The van der Waals surface area contributed by atoms with E-state index in [2.05, 4.69) is 10.3 Å². The zero-order valence-electron chi connectivity index (χ0n) is 15.1. The molecule has 0 aliphatic carbocycles.